The molecular formula is C14H26BrNO3. The van der Waals surface area contributed by atoms with Gasteiger partial charge in [-0.15, -0.1) is 0 Å². The minimum atomic E-state index is -0.695. The molecule has 0 spiro atoms. The number of amides is 1. The minimum Gasteiger partial charge on any atom is -0.481 e. The summed E-state index contributed by atoms with van der Waals surface area (Å²) in [6.45, 7) is 2.58. The molecule has 2 N–H and O–H groups in total. The Kier molecular flexibility index (Phi) is 12.1. The Morgan fingerprint density at radius 3 is 1.95 bits per heavy atom. The number of hydrogen-bond donors (Lipinski definition) is 2. The van der Waals surface area contributed by atoms with Gasteiger partial charge >= 0.3 is 5.97 Å². The Labute approximate surface area is 124 Å². The van der Waals surface area contributed by atoms with Gasteiger partial charge in [0.05, 0.1) is 4.83 Å². The van der Waals surface area contributed by atoms with Crippen LogP contribution in [0.2, 0.25) is 0 Å². The third-order valence-corrected chi connectivity index (χ3v) is 3.39. The molecule has 0 bridgehead atoms. The minimum absolute atomic E-state index is 0.0541. The summed E-state index contributed by atoms with van der Waals surface area (Å²) in [5.41, 5.74) is 0. The number of alkyl halides is 1. The van der Waals surface area contributed by atoms with Gasteiger partial charge in [0.1, 0.15) is 0 Å². The number of nitrogens with one attached hydrogen (secondary N) is 1. The molecule has 0 heterocycles. The molecule has 1 unspecified atom stereocenters. The number of aliphatic carboxylic acids is 1. The van der Waals surface area contributed by atoms with Gasteiger partial charge in [0, 0.05) is 13.0 Å². The summed E-state index contributed by atoms with van der Waals surface area (Å²) < 4.78 is 0. The van der Waals surface area contributed by atoms with Crippen molar-refractivity contribution in [1.29, 1.82) is 0 Å². The van der Waals surface area contributed by atoms with Crippen molar-refractivity contribution in [2.24, 2.45) is 0 Å². The Morgan fingerprint density at radius 2 is 1.47 bits per heavy atom. The molecule has 112 valence electrons. The highest BCUT2D eigenvalue weighted by Crippen LogP contribution is 2.09. The van der Waals surface area contributed by atoms with Gasteiger partial charge in [0.25, 0.3) is 0 Å². The summed E-state index contributed by atoms with van der Waals surface area (Å²) in [5.74, 6) is -0.640. The first-order valence-corrected chi connectivity index (χ1v) is 8.09. The zero-order chi connectivity index (χ0) is 14.5. The molecule has 0 saturated heterocycles. The first-order chi connectivity index (χ1) is 9.04. The van der Waals surface area contributed by atoms with E-state index in [0.29, 0.717) is 6.42 Å². The van der Waals surface area contributed by atoms with E-state index in [1.165, 1.54) is 19.3 Å². The van der Waals surface area contributed by atoms with Gasteiger partial charge in [-0.05, 0) is 19.8 Å². The van der Waals surface area contributed by atoms with E-state index in [9.17, 15) is 9.59 Å². The second-order valence-corrected chi connectivity index (χ2v) is 6.25. The fraction of sp³-hybridized carbons (Fsp3) is 0.857. The lowest BCUT2D eigenvalue weighted by atomic mass is 10.1. The molecule has 1 amide bonds. The Hall–Kier alpha value is -0.580. The van der Waals surface area contributed by atoms with Crippen LogP contribution < -0.4 is 5.32 Å². The zero-order valence-electron chi connectivity index (χ0n) is 11.8. The molecule has 0 fully saturated rings. The maximum atomic E-state index is 11.2. The predicted octanol–water partition coefficient (Wildman–Crippen LogP) is 3.48. The summed E-state index contributed by atoms with van der Waals surface area (Å²) >= 11 is 3.22. The SMILES string of the molecule is CC(Br)C(=O)NCCCCCCCCCCC(=O)O. The van der Waals surface area contributed by atoms with E-state index >= 15 is 0 Å². The van der Waals surface area contributed by atoms with Crippen LogP contribution in [-0.2, 0) is 9.59 Å². The number of carbonyl (C=O) groups is 2. The highest BCUT2D eigenvalue weighted by Gasteiger charge is 2.06. The standard InChI is InChI=1S/C14H26BrNO3/c1-12(15)14(19)16-11-9-7-5-3-2-4-6-8-10-13(17)18/h12H,2-11H2,1H3,(H,16,19)(H,17,18). The monoisotopic (exact) mass is 335 g/mol. The maximum absolute atomic E-state index is 11.2. The van der Waals surface area contributed by atoms with Crippen LogP contribution in [-0.4, -0.2) is 28.4 Å². The molecule has 0 radical (unpaired) electrons. The predicted molar refractivity (Wildman–Crippen MR) is 80.6 cm³/mol. The van der Waals surface area contributed by atoms with Gasteiger partial charge < -0.3 is 10.4 Å². The van der Waals surface area contributed by atoms with E-state index < -0.39 is 5.97 Å². The van der Waals surface area contributed by atoms with Crippen LogP contribution in [0.15, 0.2) is 0 Å². The summed E-state index contributed by atoms with van der Waals surface area (Å²) in [7, 11) is 0. The van der Waals surface area contributed by atoms with Gasteiger partial charge in [-0.2, -0.15) is 0 Å². The average molecular weight is 336 g/mol. The molecule has 0 saturated carbocycles. The molecule has 0 aromatic heterocycles. The van der Waals surface area contributed by atoms with Crippen molar-refractivity contribution in [3.63, 3.8) is 0 Å². The molecular weight excluding hydrogens is 310 g/mol. The van der Waals surface area contributed by atoms with Crippen LogP contribution in [0.25, 0.3) is 0 Å². The molecule has 0 aliphatic carbocycles. The zero-order valence-corrected chi connectivity index (χ0v) is 13.4. The average Bonchev–Trinajstić information content (AvgIpc) is 2.35. The van der Waals surface area contributed by atoms with Crippen LogP contribution in [0.4, 0.5) is 0 Å². The van der Waals surface area contributed by atoms with Crippen molar-refractivity contribution in [3.8, 4) is 0 Å². The number of rotatable bonds is 12. The summed E-state index contributed by atoms with van der Waals surface area (Å²) in [5, 5.41) is 11.3. The van der Waals surface area contributed by atoms with Crippen LogP contribution in [0.1, 0.15) is 64.7 Å². The highest BCUT2D eigenvalue weighted by molar-refractivity contribution is 9.10. The van der Waals surface area contributed by atoms with E-state index in [-0.39, 0.29) is 10.7 Å². The van der Waals surface area contributed by atoms with Crippen molar-refractivity contribution in [2.45, 2.75) is 69.5 Å². The van der Waals surface area contributed by atoms with Crippen molar-refractivity contribution in [3.05, 3.63) is 0 Å². The van der Waals surface area contributed by atoms with E-state index in [4.69, 9.17) is 5.11 Å². The summed E-state index contributed by atoms with van der Waals surface area (Å²) in [6.07, 6.45) is 9.00. The molecule has 4 nitrogen and oxygen atoms in total. The van der Waals surface area contributed by atoms with Crippen LogP contribution in [0.3, 0.4) is 0 Å². The fourth-order valence-corrected chi connectivity index (χ4v) is 1.98. The normalized spacial score (nSPS) is 12.1. The second-order valence-electron chi connectivity index (χ2n) is 4.88. The summed E-state index contributed by atoms with van der Waals surface area (Å²) in [4.78, 5) is 21.4. The molecule has 1 atom stereocenters. The number of carboxylic acids is 1. The van der Waals surface area contributed by atoms with Crippen molar-refractivity contribution < 1.29 is 14.7 Å². The number of carbonyl (C=O) groups excluding carboxylic acids is 1. The van der Waals surface area contributed by atoms with Gasteiger partial charge in [0.15, 0.2) is 0 Å². The maximum Gasteiger partial charge on any atom is 0.303 e. The topological polar surface area (TPSA) is 66.4 Å². The first-order valence-electron chi connectivity index (χ1n) is 7.17. The lowest BCUT2D eigenvalue weighted by Gasteiger charge is -2.06. The molecule has 0 aliphatic rings. The molecule has 0 rings (SSSR count). The van der Waals surface area contributed by atoms with E-state index in [0.717, 1.165) is 38.6 Å². The lowest BCUT2D eigenvalue weighted by molar-refractivity contribution is -0.137. The smallest absolute Gasteiger partial charge is 0.303 e. The quantitative estimate of drug-likeness (QED) is 0.423. The van der Waals surface area contributed by atoms with Gasteiger partial charge in [-0.1, -0.05) is 54.5 Å². The summed E-state index contributed by atoms with van der Waals surface area (Å²) in [6, 6.07) is 0. The van der Waals surface area contributed by atoms with Crippen molar-refractivity contribution >= 4 is 27.8 Å². The molecule has 0 aliphatic heterocycles. The molecule has 0 aromatic rings. The second kappa shape index (κ2) is 12.5. The van der Waals surface area contributed by atoms with Crippen molar-refractivity contribution in [1.82, 2.24) is 5.32 Å². The third-order valence-electron chi connectivity index (χ3n) is 2.98. The Bertz CT molecular complexity index is 257. The Balaban J connectivity index is 3.11. The number of hydrogen-bond acceptors (Lipinski definition) is 2. The lowest BCUT2D eigenvalue weighted by Crippen LogP contribution is -2.30. The number of halogens is 1. The molecule has 5 heteroatoms. The molecule has 19 heavy (non-hydrogen) atoms. The fourth-order valence-electron chi connectivity index (χ4n) is 1.81. The number of unbranched alkanes of at least 4 members (excludes halogenated alkanes) is 7. The van der Waals surface area contributed by atoms with Gasteiger partial charge in [0.2, 0.25) is 5.91 Å². The van der Waals surface area contributed by atoms with Crippen LogP contribution >= 0.6 is 15.9 Å². The first kappa shape index (κ1) is 18.4. The number of carboxylic acid groups (broad SMARTS) is 1. The van der Waals surface area contributed by atoms with Crippen molar-refractivity contribution in [2.75, 3.05) is 6.54 Å². The van der Waals surface area contributed by atoms with Gasteiger partial charge in [-0.3, -0.25) is 9.59 Å². The largest absolute Gasteiger partial charge is 0.481 e. The molecule has 0 aromatic carbocycles. The third kappa shape index (κ3) is 13.6. The van der Waals surface area contributed by atoms with E-state index in [2.05, 4.69) is 21.2 Å². The van der Waals surface area contributed by atoms with E-state index in [1.54, 1.807) is 0 Å². The van der Waals surface area contributed by atoms with Gasteiger partial charge in [-0.25, -0.2) is 0 Å². The highest BCUT2D eigenvalue weighted by atomic mass is 79.9. The van der Waals surface area contributed by atoms with E-state index in [1.807, 2.05) is 6.92 Å². The van der Waals surface area contributed by atoms with Crippen LogP contribution in [0, 0.1) is 0 Å². The Morgan fingerprint density at radius 1 is 1.00 bits per heavy atom. The van der Waals surface area contributed by atoms with Crippen LogP contribution in [0.5, 0.6) is 0 Å².